The molecule has 0 fully saturated rings. The maximum Gasteiger partial charge on any atom is 0.263 e. The molecule has 0 radical (unpaired) electrons. The Hall–Kier alpha value is -2.56. The summed E-state index contributed by atoms with van der Waals surface area (Å²) in [4.78, 5) is 25.0. The Labute approximate surface area is 154 Å². The molecule has 1 amide bonds. The average molecular weight is 373 g/mol. The van der Waals surface area contributed by atoms with E-state index in [1.807, 2.05) is 12.1 Å². The Morgan fingerprint density at radius 3 is 2.44 bits per heavy atom. The third-order valence-electron chi connectivity index (χ3n) is 3.61. The van der Waals surface area contributed by atoms with Gasteiger partial charge in [0.05, 0.1) is 6.54 Å². The first-order valence-electron chi connectivity index (χ1n) is 7.54. The largest absolute Gasteiger partial charge is 0.322 e. The summed E-state index contributed by atoms with van der Waals surface area (Å²) in [7, 11) is 0. The van der Waals surface area contributed by atoms with Crippen molar-refractivity contribution in [2.24, 2.45) is 0 Å². The van der Waals surface area contributed by atoms with Crippen molar-refractivity contribution >= 4 is 34.8 Å². The van der Waals surface area contributed by atoms with Gasteiger partial charge in [-0.05, 0) is 54.1 Å². The Bertz CT molecular complexity index is 966. The molecular formula is C19H14Cl2N2O2. The molecule has 3 aromatic rings. The molecule has 4 nitrogen and oxygen atoms in total. The summed E-state index contributed by atoms with van der Waals surface area (Å²) in [5.74, 6) is -0.465. The van der Waals surface area contributed by atoms with E-state index in [9.17, 15) is 9.59 Å². The van der Waals surface area contributed by atoms with Crippen molar-refractivity contribution in [3.63, 3.8) is 0 Å². The molecule has 0 spiro atoms. The molecule has 1 N–H and O–H groups in total. The van der Waals surface area contributed by atoms with Gasteiger partial charge in [0.1, 0.15) is 5.56 Å². The molecule has 0 saturated carbocycles. The Balaban J connectivity index is 1.84. The predicted octanol–water partition coefficient (Wildman–Crippen LogP) is 4.46. The van der Waals surface area contributed by atoms with Crippen LogP contribution in [-0.2, 0) is 6.54 Å². The molecule has 0 aliphatic carbocycles. The summed E-state index contributed by atoms with van der Waals surface area (Å²) in [5.41, 5.74) is 1.15. The second-order valence-corrected chi connectivity index (χ2v) is 6.32. The van der Waals surface area contributed by atoms with E-state index in [4.69, 9.17) is 23.2 Å². The molecule has 0 bridgehead atoms. The molecular weight excluding hydrogens is 359 g/mol. The van der Waals surface area contributed by atoms with Gasteiger partial charge in [0, 0.05) is 21.9 Å². The van der Waals surface area contributed by atoms with Gasteiger partial charge >= 0.3 is 0 Å². The number of anilines is 1. The van der Waals surface area contributed by atoms with Crippen molar-refractivity contribution in [2.75, 3.05) is 5.32 Å². The van der Waals surface area contributed by atoms with E-state index in [1.54, 1.807) is 48.7 Å². The molecule has 6 heteroatoms. The molecule has 25 heavy (non-hydrogen) atoms. The number of nitrogens with zero attached hydrogens (tertiary/aromatic N) is 1. The first-order chi connectivity index (χ1) is 12.0. The molecule has 126 valence electrons. The van der Waals surface area contributed by atoms with Crippen LogP contribution in [0.25, 0.3) is 0 Å². The zero-order valence-corrected chi connectivity index (χ0v) is 14.6. The first kappa shape index (κ1) is 17.3. The van der Waals surface area contributed by atoms with E-state index in [1.165, 1.54) is 10.6 Å². The zero-order valence-electron chi connectivity index (χ0n) is 13.1. The fourth-order valence-electron chi connectivity index (χ4n) is 2.40. The van der Waals surface area contributed by atoms with Gasteiger partial charge in [0.25, 0.3) is 11.5 Å². The van der Waals surface area contributed by atoms with Crippen molar-refractivity contribution in [1.29, 1.82) is 0 Å². The van der Waals surface area contributed by atoms with Crippen molar-refractivity contribution in [3.8, 4) is 0 Å². The zero-order chi connectivity index (χ0) is 17.8. The van der Waals surface area contributed by atoms with Crippen LogP contribution < -0.4 is 10.9 Å². The smallest absolute Gasteiger partial charge is 0.263 e. The van der Waals surface area contributed by atoms with E-state index < -0.39 is 5.91 Å². The van der Waals surface area contributed by atoms with Crippen LogP contribution in [0.3, 0.4) is 0 Å². The number of carbonyl (C=O) groups excluding carboxylic acids is 1. The molecule has 1 heterocycles. The highest BCUT2D eigenvalue weighted by molar-refractivity contribution is 6.30. The van der Waals surface area contributed by atoms with Gasteiger partial charge in [-0.1, -0.05) is 35.3 Å². The minimum absolute atomic E-state index is 0.0690. The van der Waals surface area contributed by atoms with Gasteiger partial charge in [-0.2, -0.15) is 0 Å². The van der Waals surface area contributed by atoms with Crippen molar-refractivity contribution < 1.29 is 4.79 Å². The van der Waals surface area contributed by atoms with Crippen LogP contribution in [0.5, 0.6) is 0 Å². The van der Waals surface area contributed by atoms with Crippen LogP contribution in [0.1, 0.15) is 15.9 Å². The standard InChI is InChI=1S/C19H14Cl2N2O2/c20-14-6-8-16(9-7-14)22-18(24)17-5-2-10-23(19(17)25)12-13-3-1-4-15(21)11-13/h1-11H,12H2,(H,22,24). The lowest BCUT2D eigenvalue weighted by molar-refractivity contribution is 0.102. The number of rotatable bonds is 4. The summed E-state index contributed by atoms with van der Waals surface area (Å²) < 4.78 is 1.47. The number of amides is 1. The highest BCUT2D eigenvalue weighted by Crippen LogP contribution is 2.14. The first-order valence-corrected chi connectivity index (χ1v) is 8.29. The van der Waals surface area contributed by atoms with Crippen LogP contribution in [0, 0.1) is 0 Å². The normalized spacial score (nSPS) is 10.5. The maximum atomic E-state index is 12.6. The third-order valence-corrected chi connectivity index (χ3v) is 4.10. The number of pyridine rings is 1. The summed E-state index contributed by atoms with van der Waals surface area (Å²) in [5, 5.41) is 3.86. The summed E-state index contributed by atoms with van der Waals surface area (Å²) >= 11 is 11.8. The number of halogens is 2. The monoisotopic (exact) mass is 372 g/mol. The molecule has 0 atom stereocenters. The SMILES string of the molecule is O=C(Nc1ccc(Cl)cc1)c1cccn(Cc2cccc(Cl)c2)c1=O. The van der Waals surface area contributed by atoms with Crippen LogP contribution in [0.2, 0.25) is 10.0 Å². The Morgan fingerprint density at radius 1 is 0.960 bits per heavy atom. The number of aromatic nitrogens is 1. The van der Waals surface area contributed by atoms with E-state index in [2.05, 4.69) is 5.32 Å². The van der Waals surface area contributed by atoms with Gasteiger partial charge < -0.3 is 9.88 Å². The van der Waals surface area contributed by atoms with E-state index in [-0.39, 0.29) is 11.1 Å². The van der Waals surface area contributed by atoms with Crippen molar-refractivity contribution in [2.45, 2.75) is 6.54 Å². The minimum atomic E-state index is -0.465. The lowest BCUT2D eigenvalue weighted by atomic mass is 10.2. The summed E-state index contributed by atoms with van der Waals surface area (Å²) in [6.45, 7) is 0.335. The lowest BCUT2D eigenvalue weighted by Gasteiger charge is -2.09. The number of hydrogen-bond acceptors (Lipinski definition) is 2. The molecule has 0 aliphatic rings. The molecule has 0 unspecified atom stereocenters. The quantitative estimate of drug-likeness (QED) is 0.734. The van der Waals surface area contributed by atoms with Gasteiger partial charge in [0.2, 0.25) is 0 Å². The molecule has 0 aliphatic heterocycles. The average Bonchev–Trinajstić information content (AvgIpc) is 2.59. The van der Waals surface area contributed by atoms with Gasteiger partial charge in [-0.25, -0.2) is 0 Å². The van der Waals surface area contributed by atoms with Gasteiger partial charge in [-0.3, -0.25) is 9.59 Å². The van der Waals surface area contributed by atoms with Crippen LogP contribution in [0.4, 0.5) is 5.69 Å². The number of carbonyl (C=O) groups is 1. The number of hydrogen-bond donors (Lipinski definition) is 1. The second kappa shape index (κ2) is 7.55. The Kier molecular flexibility index (Phi) is 5.22. The lowest BCUT2D eigenvalue weighted by Crippen LogP contribution is -2.29. The van der Waals surface area contributed by atoms with Crippen molar-refractivity contribution in [1.82, 2.24) is 4.57 Å². The topological polar surface area (TPSA) is 51.1 Å². The van der Waals surface area contributed by atoms with Gasteiger partial charge in [0.15, 0.2) is 0 Å². The van der Waals surface area contributed by atoms with Crippen molar-refractivity contribution in [3.05, 3.63) is 98.4 Å². The van der Waals surface area contributed by atoms with Crippen LogP contribution in [-0.4, -0.2) is 10.5 Å². The maximum absolute atomic E-state index is 12.6. The van der Waals surface area contributed by atoms with Crippen LogP contribution >= 0.6 is 23.2 Å². The fourth-order valence-corrected chi connectivity index (χ4v) is 2.74. The highest BCUT2D eigenvalue weighted by Gasteiger charge is 2.12. The second-order valence-electron chi connectivity index (χ2n) is 5.45. The van der Waals surface area contributed by atoms with E-state index in [0.29, 0.717) is 22.3 Å². The fraction of sp³-hybridized carbons (Fsp3) is 0.0526. The predicted molar refractivity (Wildman–Crippen MR) is 101 cm³/mol. The van der Waals surface area contributed by atoms with E-state index >= 15 is 0 Å². The molecule has 3 rings (SSSR count). The number of nitrogens with one attached hydrogen (secondary N) is 1. The van der Waals surface area contributed by atoms with Gasteiger partial charge in [-0.15, -0.1) is 0 Å². The highest BCUT2D eigenvalue weighted by atomic mass is 35.5. The summed E-state index contributed by atoms with van der Waals surface area (Å²) in [6.07, 6.45) is 1.64. The third kappa shape index (κ3) is 4.29. The minimum Gasteiger partial charge on any atom is -0.322 e. The number of benzene rings is 2. The molecule has 0 saturated heterocycles. The van der Waals surface area contributed by atoms with E-state index in [0.717, 1.165) is 5.56 Å². The molecule has 1 aromatic heterocycles. The van der Waals surface area contributed by atoms with Crippen LogP contribution in [0.15, 0.2) is 71.7 Å². The Morgan fingerprint density at radius 2 is 1.72 bits per heavy atom. The molecule has 2 aromatic carbocycles. The summed E-state index contributed by atoms with van der Waals surface area (Å²) in [6, 6.07) is 17.1.